The van der Waals surface area contributed by atoms with Gasteiger partial charge >= 0.3 is 6.09 Å². The zero-order valence-electron chi connectivity index (χ0n) is 11.6. The summed E-state index contributed by atoms with van der Waals surface area (Å²) in [5.74, 6) is 0.190. The zero-order valence-corrected chi connectivity index (χ0v) is 11.6. The number of rotatable bonds is 5. The molecular formula is C15H16FN3O2. The van der Waals surface area contributed by atoms with Crippen LogP contribution in [0.2, 0.25) is 0 Å². The van der Waals surface area contributed by atoms with Crippen molar-refractivity contribution in [3.8, 4) is 0 Å². The molecule has 0 atom stereocenters. The molecule has 0 aliphatic heterocycles. The Morgan fingerprint density at radius 3 is 2.62 bits per heavy atom. The monoisotopic (exact) mass is 289 g/mol. The molecule has 0 saturated heterocycles. The summed E-state index contributed by atoms with van der Waals surface area (Å²) < 4.78 is 17.2. The van der Waals surface area contributed by atoms with E-state index in [1.165, 1.54) is 19.2 Å². The van der Waals surface area contributed by atoms with Gasteiger partial charge in [-0.3, -0.25) is 5.32 Å². The van der Waals surface area contributed by atoms with E-state index >= 15 is 0 Å². The van der Waals surface area contributed by atoms with Crippen LogP contribution in [0.25, 0.3) is 0 Å². The number of carbonyl (C=O) groups is 1. The summed E-state index contributed by atoms with van der Waals surface area (Å²) in [6.07, 6.45) is 1.85. The van der Waals surface area contributed by atoms with Crippen LogP contribution in [0.5, 0.6) is 0 Å². The van der Waals surface area contributed by atoms with Crippen LogP contribution < -0.4 is 10.6 Å². The minimum absolute atomic E-state index is 0.232. The first-order chi connectivity index (χ1) is 10.2. The number of nitrogens with one attached hydrogen (secondary N) is 2. The fraction of sp³-hybridized carbons (Fsp3) is 0.200. The number of benzene rings is 1. The molecule has 110 valence electrons. The molecule has 6 heteroatoms. The lowest BCUT2D eigenvalue weighted by Gasteiger charge is -2.07. The van der Waals surface area contributed by atoms with E-state index in [0.29, 0.717) is 12.4 Å². The number of ether oxygens (including phenoxy) is 1. The van der Waals surface area contributed by atoms with E-state index in [1.54, 1.807) is 24.4 Å². The molecule has 21 heavy (non-hydrogen) atoms. The van der Waals surface area contributed by atoms with Crippen LogP contribution in [0, 0.1) is 5.82 Å². The Balaban J connectivity index is 1.80. The molecule has 0 fully saturated rings. The second-order valence-electron chi connectivity index (χ2n) is 4.35. The normalized spacial score (nSPS) is 10.0. The number of halogens is 1. The number of carbonyl (C=O) groups excluding carboxylic acids is 1. The maximum Gasteiger partial charge on any atom is 0.412 e. The van der Waals surface area contributed by atoms with E-state index in [0.717, 1.165) is 17.7 Å². The van der Waals surface area contributed by atoms with Crippen LogP contribution in [0.1, 0.15) is 5.56 Å². The molecule has 0 radical (unpaired) electrons. The number of hydrogen-bond acceptors (Lipinski definition) is 4. The predicted molar refractivity (Wildman–Crippen MR) is 78.9 cm³/mol. The maximum atomic E-state index is 12.8. The third kappa shape index (κ3) is 4.76. The van der Waals surface area contributed by atoms with Gasteiger partial charge in [0.25, 0.3) is 0 Å². The van der Waals surface area contributed by atoms with Gasteiger partial charge in [0, 0.05) is 6.54 Å². The van der Waals surface area contributed by atoms with Crippen molar-refractivity contribution < 1.29 is 13.9 Å². The molecule has 0 aliphatic rings. The van der Waals surface area contributed by atoms with Crippen molar-refractivity contribution in [2.24, 2.45) is 0 Å². The van der Waals surface area contributed by atoms with Crippen LogP contribution in [0.4, 0.5) is 20.7 Å². The lowest BCUT2D eigenvalue weighted by atomic mass is 10.1. The molecular weight excluding hydrogens is 273 g/mol. The Kier molecular flexibility index (Phi) is 5.09. The topological polar surface area (TPSA) is 63.2 Å². The third-order valence-corrected chi connectivity index (χ3v) is 2.84. The second-order valence-corrected chi connectivity index (χ2v) is 4.35. The molecule has 5 nitrogen and oxygen atoms in total. The Morgan fingerprint density at radius 1 is 1.24 bits per heavy atom. The van der Waals surface area contributed by atoms with Crippen LogP contribution >= 0.6 is 0 Å². The molecule has 0 spiro atoms. The first-order valence-corrected chi connectivity index (χ1v) is 6.47. The van der Waals surface area contributed by atoms with Gasteiger partial charge in [-0.15, -0.1) is 0 Å². The summed E-state index contributed by atoms with van der Waals surface area (Å²) in [4.78, 5) is 15.1. The molecule has 0 bridgehead atoms. The van der Waals surface area contributed by atoms with Gasteiger partial charge in [-0.1, -0.05) is 12.1 Å². The highest BCUT2D eigenvalue weighted by molar-refractivity contribution is 5.83. The van der Waals surface area contributed by atoms with Crippen LogP contribution in [-0.4, -0.2) is 24.7 Å². The molecule has 1 aromatic heterocycles. The third-order valence-electron chi connectivity index (χ3n) is 2.84. The van der Waals surface area contributed by atoms with E-state index in [-0.39, 0.29) is 5.82 Å². The molecule has 2 aromatic rings. The first kappa shape index (κ1) is 14.8. The number of aromatic nitrogens is 1. The van der Waals surface area contributed by atoms with Crippen molar-refractivity contribution in [1.29, 1.82) is 0 Å². The van der Waals surface area contributed by atoms with E-state index in [2.05, 4.69) is 20.4 Å². The number of hydrogen-bond donors (Lipinski definition) is 2. The predicted octanol–water partition coefficient (Wildman–Crippen LogP) is 3.05. The molecule has 2 N–H and O–H groups in total. The van der Waals surface area contributed by atoms with Crippen LogP contribution in [-0.2, 0) is 11.2 Å². The van der Waals surface area contributed by atoms with E-state index in [9.17, 15) is 9.18 Å². The summed E-state index contributed by atoms with van der Waals surface area (Å²) >= 11 is 0. The number of methoxy groups -OCH3 is 1. The molecule has 1 aromatic carbocycles. The average molecular weight is 289 g/mol. The summed E-state index contributed by atoms with van der Waals surface area (Å²) in [5, 5.41) is 5.67. The quantitative estimate of drug-likeness (QED) is 0.888. The number of amides is 1. The van der Waals surface area contributed by atoms with Crippen LogP contribution in [0.15, 0.2) is 42.6 Å². The van der Waals surface area contributed by atoms with E-state index in [4.69, 9.17) is 0 Å². The molecule has 0 unspecified atom stereocenters. The fourth-order valence-electron chi connectivity index (χ4n) is 1.73. The SMILES string of the molecule is COC(=O)Nc1ccc(NCCc2ccc(F)cc2)cn1. The van der Waals surface area contributed by atoms with Crippen molar-refractivity contribution in [3.05, 3.63) is 54.0 Å². The Hall–Kier alpha value is -2.63. The van der Waals surface area contributed by atoms with Crippen molar-refractivity contribution in [3.63, 3.8) is 0 Å². The number of pyridine rings is 1. The smallest absolute Gasteiger partial charge is 0.412 e. The summed E-state index contributed by atoms with van der Waals surface area (Å²) in [7, 11) is 1.29. The first-order valence-electron chi connectivity index (χ1n) is 6.47. The van der Waals surface area contributed by atoms with Gasteiger partial charge in [0.15, 0.2) is 0 Å². The number of nitrogens with zero attached hydrogens (tertiary/aromatic N) is 1. The highest BCUT2D eigenvalue weighted by atomic mass is 19.1. The Labute approximate surface area is 122 Å². The van der Waals surface area contributed by atoms with Gasteiger partial charge in [-0.25, -0.2) is 14.2 Å². The minimum atomic E-state index is -0.556. The van der Waals surface area contributed by atoms with Gasteiger partial charge in [0.2, 0.25) is 0 Å². The standard InChI is InChI=1S/C15H16FN3O2/c1-21-15(20)19-14-7-6-13(10-18-14)17-9-8-11-2-4-12(16)5-3-11/h2-7,10,17H,8-9H2,1H3,(H,18,19,20). The van der Waals surface area contributed by atoms with Crippen LogP contribution in [0.3, 0.4) is 0 Å². The van der Waals surface area contributed by atoms with Crippen molar-refractivity contribution in [2.75, 3.05) is 24.3 Å². The van der Waals surface area contributed by atoms with Crippen molar-refractivity contribution in [1.82, 2.24) is 4.98 Å². The van der Waals surface area contributed by atoms with Gasteiger partial charge in [-0.2, -0.15) is 0 Å². The molecule has 1 heterocycles. The molecule has 2 rings (SSSR count). The Morgan fingerprint density at radius 2 is 2.00 bits per heavy atom. The maximum absolute atomic E-state index is 12.8. The Bertz CT molecular complexity index is 585. The molecule has 0 saturated carbocycles. The lowest BCUT2D eigenvalue weighted by molar-refractivity contribution is 0.187. The average Bonchev–Trinajstić information content (AvgIpc) is 2.51. The second kappa shape index (κ2) is 7.23. The lowest BCUT2D eigenvalue weighted by Crippen LogP contribution is -2.12. The van der Waals surface area contributed by atoms with Gasteiger partial charge in [0.05, 0.1) is 19.0 Å². The summed E-state index contributed by atoms with van der Waals surface area (Å²) in [6.45, 7) is 0.705. The zero-order chi connectivity index (χ0) is 15.1. The molecule has 0 aliphatic carbocycles. The van der Waals surface area contributed by atoms with Gasteiger partial charge < -0.3 is 10.1 Å². The van der Waals surface area contributed by atoms with E-state index in [1.807, 2.05) is 6.07 Å². The highest BCUT2D eigenvalue weighted by Gasteiger charge is 2.01. The van der Waals surface area contributed by atoms with Gasteiger partial charge in [0.1, 0.15) is 11.6 Å². The summed E-state index contributed by atoms with van der Waals surface area (Å²) in [5.41, 5.74) is 1.90. The van der Waals surface area contributed by atoms with E-state index < -0.39 is 6.09 Å². The van der Waals surface area contributed by atoms with Gasteiger partial charge in [-0.05, 0) is 36.2 Å². The molecule has 1 amide bonds. The minimum Gasteiger partial charge on any atom is -0.453 e. The number of anilines is 2. The highest BCUT2D eigenvalue weighted by Crippen LogP contribution is 2.10. The fourth-order valence-corrected chi connectivity index (χ4v) is 1.73. The largest absolute Gasteiger partial charge is 0.453 e. The summed E-state index contributed by atoms with van der Waals surface area (Å²) in [6, 6.07) is 9.91. The van der Waals surface area contributed by atoms with Crippen molar-refractivity contribution >= 4 is 17.6 Å². The van der Waals surface area contributed by atoms with Crippen molar-refractivity contribution in [2.45, 2.75) is 6.42 Å².